The minimum atomic E-state index is -0.405. The van der Waals surface area contributed by atoms with E-state index in [-0.39, 0.29) is 12.0 Å². The second-order valence-electron chi connectivity index (χ2n) is 6.18. The van der Waals surface area contributed by atoms with E-state index < -0.39 is 6.04 Å². The smallest absolute Gasteiger partial charge is 0.323 e. The molecule has 25 heavy (non-hydrogen) atoms. The van der Waals surface area contributed by atoms with E-state index in [1.807, 2.05) is 30.3 Å². The van der Waals surface area contributed by atoms with Crippen molar-refractivity contribution in [1.29, 1.82) is 5.26 Å². The van der Waals surface area contributed by atoms with Crippen molar-refractivity contribution in [3.63, 3.8) is 0 Å². The molecule has 2 atom stereocenters. The summed E-state index contributed by atoms with van der Waals surface area (Å²) in [6.07, 6.45) is 0.582. The second-order valence-corrected chi connectivity index (χ2v) is 6.18. The molecule has 1 aromatic heterocycles. The Morgan fingerprint density at radius 3 is 2.68 bits per heavy atom. The van der Waals surface area contributed by atoms with Crippen LogP contribution in [-0.4, -0.2) is 24.1 Å². The highest BCUT2D eigenvalue weighted by Gasteiger charge is 2.34. The number of ether oxygens (including phenoxy) is 1. The summed E-state index contributed by atoms with van der Waals surface area (Å²) in [6, 6.07) is 17.1. The summed E-state index contributed by atoms with van der Waals surface area (Å²) in [5.74, 6) is -0.269. The number of hydrogen-bond donors (Lipinski definition) is 2. The average molecular weight is 331 g/mol. The van der Waals surface area contributed by atoms with Crippen LogP contribution in [0.3, 0.4) is 0 Å². The first-order chi connectivity index (χ1) is 12.2. The molecule has 2 heterocycles. The van der Waals surface area contributed by atoms with Gasteiger partial charge in [0, 0.05) is 23.0 Å². The number of rotatable bonds is 2. The number of carbonyl (C=O) groups excluding carboxylic acids is 1. The van der Waals surface area contributed by atoms with Crippen molar-refractivity contribution in [3.05, 3.63) is 70.9 Å². The molecule has 0 radical (unpaired) electrons. The number of nitriles is 1. The summed E-state index contributed by atoms with van der Waals surface area (Å²) in [5.41, 5.74) is 4.87. The Morgan fingerprint density at radius 1 is 1.20 bits per heavy atom. The van der Waals surface area contributed by atoms with Gasteiger partial charge in [-0.15, -0.1) is 0 Å². The van der Waals surface area contributed by atoms with Gasteiger partial charge in [0.15, 0.2) is 0 Å². The van der Waals surface area contributed by atoms with E-state index in [0.717, 1.165) is 27.7 Å². The lowest BCUT2D eigenvalue weighted by Crippen LogP contribution is -2.45. The predicted molar refractivity (Wildman–Crippen MR) is 93.9 cm³/mol. The molecule has 124 valence electrons. The van der Waals surface area contributed by atoms with Gasteiger partial charge in [0.05, 0.1) is 24.8 Å². The SMILES string of the molecule is COC(=O)C1Cc2c([nH]c3ccccc23)C(c2ccc(C#N)cc2)N1. The molecule has 2 unspecified atom stereocenters. The third-order valence-corrected chi connectivity index (χ3v) is 4.77. The number of aromatic nitrogens is 1. The number of para-hydroxylation sites is 1. The fourth-order valence-electron chi connectivity index (χ4n) is 3.54. The maximum absolute atomic E-state index is 12.2. The van der Waals surface area contributed by atoms with Crippen LogP contribution in [0.2, 0.25) is 0 Å². The zero-order valence-corrected chi connectivity index (χ0v) is 13.7. The van der Waals surface area contributed by atoms with Gasteiger partial charge in [0.1, 0.15) is 6.04 Å². The predicted octanol–water partition coefficient (Wildman–Crippen LogP) is 2.82. The molecule has 0 saturated carbocycles. The van der Waals surface area contributed by atoms with E-state index in [1.54, 1.807) is 12.1 Å². The second kappa shape index (κ2) is 6.08. The van der Waals surface area contributed by atoms with E-state index in [0.29, 0.717) is 12.0 Å². The molecule has 5 nitrogen and oxygen atoms in total. The van der Waals surface area contributed by atoms with Crippen LogP contribution in [0.1, 0.15) is 28.4 Å². The van der Waals surface area contributed by atoms with Gasteiger partial charge in [-0.2, -0.15) is 5.26 Å². The molecule has 0 saturated heterocycles. The van der Waals surface area contributed by atoms with E-state index >= 15 is 0 Å². The lowest BCUT2D eigenvalue weighted by atomic mass is 9.90. The van der Waals surface area contributed by atoms with Crippen molar-refractivity contribution in [2.75, 3.05) is 7.11 Å². The van der Waals surface area contributed by atoms with Crippen molar-refractivity contribution >= 4 is 16.9 Å². The molecule has 3 aromatic rings. The van der Waals surface area contributed by atoms with E-state index in [4.69, 9.17) is 10.00 Å². The molecule has 0 fully saturated rings. The monoisotopic (exact) mass is 331 g/mol. The van der Waals surface area contributed by atoms with Gasteiger partial charge in [-0.1, -0.05) is 30.3 Å². The van der Waals surface area contributed by atoms with E-state index in [1.165, 1.54) is 7.11 Å². The minimum Gasteiger partial charge on any atom is -0.468 e. The average Bonchev–Trinajstić information content (AvgIpc) is 3.05. The first kappa shape index (κ1) is 15.4. The van der Waals surface area contributed by atoms with Gasteiger partial charge in [-0.05, 0) is 29.3 Å². The van der Waals surface area contributed by atoms with Gasteiger partial charge < -0.3 is 9.72 Å². The molecular formula is C20H17N3O2. The van der Waals surface area contributed by atoms with Gasteiger partial charge in [0.2, 0.25) is 0 Å². The minimum absolute atomic E-state index is 0.159. The molecule has 2 aromatic carbocycles. The lowest BCUT2D eigenvalue weighted by molar-refractivity contribution is -0.143. The van der Waals surface area contributed by atoms with E-state index in [2.05, 4.69) is 22.4 Å². The summed E-state index contributed by atoms with van der Waals surface area (Å²) in [4.78, 5) is 15.7. The Hall–Kier alpha value is -3.10. The Kier molecular flexibility index (Phi) is 3.75. The van der Waals surface area contributed by atoms with Crippen molar-refractivity contribution in [2.24, 2.45) is 0 Å². The third kappa shape index (κ3) is 2.57. The first-order valence-corrected chi connectivity index (χ1v) is 8.14. The fraction of sp³-hybridized carbons (Fsp3) is 0.200. The Bertz CT molecular complexity index is 982. The van der Waals surface area contributed by atoms with Crippen LogP contribution < -0.4 is 5.32 Å². The van der Waals surface area contributed by atoms with Crippen molar-refractivity contribution in [2.45, 2.75) is 18.5 Å². The van der Waals surface area contributed by atoms with E-state index in [9.17, 15) is 4.79 Å². The normalized spacial score (nSPS) is 19.2. The first-order valence-electron chi connectivity index (χ1n) is 8.14. The molecule has 0 spiro atoms. The molecule has 1 aliphatic rings. The van der Waals surface area contributed by atoms with Crippen LogP contribution in [0, 0.1) is 11.3 Å². The number of benzene rings is 2. The maximum atomic E-state index is 12.2. The number of fused-ring (bicyclic) bond motifs is 3. The van der Waals surface area contributed by atoms with Crippen LogP contribution in [-0.2, 0) is 16.0 Å². The number of nitrogens with one attached hydrogen (secondary N) is 2. The number of H-pyrrole nitrogens is 1. The summed E-state index contributed by atoms with van der Waals surface area (Å²) >= 11 is 0. The largest absolute Gasteiger partial charge is 0.468 e. The highest BCUT2D eigenvalue weighted by atomic mass is 16.5. The van der Waals surface area contributed by atoms with Crippen molar-refractivity contribution in [1.82, 2.24) is 10.3 Å². The number of aromatic amines is 1. The number of nitrogens with zero attached hydrogens (tertiary/aromatic N) is 1. The topological polar surface area (TPSA) is 77.9 Å². The highest BCUT2D eigenvalue weighted by Crippen LogP contribution is 2.35. The van der Waals surface area contributed by atoms with Gasteiger partial charge in [-0.25, -0.2) is 0 Å². The van der Waals surface area contributed by atoms with Gasteiger partial charge >= 0.3 is 5.97 Å². The number of hydrogen-bond acceptors (Lipinski definition) is 4. The van der Waals surface area contributed by atoms with Gasteiger partial charge in [-0.3, -0.25) is 10.1 Å². The third-order valence-electron chi connectivity index (χ3n) is 4.77. The molecule has 0 aliphatic carbocycles. The molecular weight excluding hydrogens is 314 g/mol. The zero-order valence-electron chi connectivity index (χ0n) is 13.7. The quantitative estimate of drug-likeness (QED) is 0.708. The Labute approximate surface area is 145 Å². The number of carbonyl (C=O) groups is 1. The van der Waals surface area contributed by atoms with Crippen LogP contribution >= 0.6 is 0 Å². The Morgan fingerprint density at radius 2 is 1.96 bits per heavy atom. The van der Waals surface area contributed by atoms with Crippen LogP contribution in [0.15, 0.2) is 48.5 Å². The number of methoxy groups -OCH3 is 1. The summed E-state index contributed by atoms with van der Waals surface area (Å²) in [5, 5.41) is 13.5. The molecule has 1 aliphatic heterocycles. The molecule has 2 N–H and O–H groups in total. The lowest BCUT2D eigenvalue weighted by Gasteiger charge is -2.30. The van der Waals surface area contributed by atoms with Crippen LogP contribution in [0.25, 0.3) is 10.9 Å². The zero-order chi connectivity index (χ0) is 17.4. The highest BCUT2D eigenvalue weighted by molar-refractivity contribution is 5.87. The van der Waals surface area contributed by atoms with Crippen LogP contribution in [0.4, 0.5) is 0 Å². The Balaban J connectivity index is 1.85. The fourth-order valence-corrected chi connectivity index (χ4v) is 3.54. The molecule has 4 rings (SSSR count). The summed E-state index contributed by atoms with van der Waals surface area (Å²) in [6.45, 7) is 0. The van der Waals surface area contributed by atoms with Gasteiger partial charge in [0.25, 0.3) is 0 Å². The van der Waals surface area contributed by atoms with Crippen molar-refractivity contribution < 1.29 is 9.53 Å². The molecule has 0 amide bonds. The van der Waals surface area contributed by atoms with Crippen molar-refractivity contribution in [3.8, 4) is 6.07 Å². The molecule has 0 bridgehead atoms. The summed E-state index contributed by atoms with van der Waals surface area (Å²) < 4.78 is 4.96. The molecule has 5 heteroatoms. The standard InChI is InChI=1S/C20H17N3O2/c1-25-20(24)17-10-15-14-4-2-3-5-16(14)22-19(15)18(23-17)13-8-6-12(11-21)7-9-13/h2-9,17-18,22-23H,10H2,1H3. The number of esters is 1. The van der Waals surface area contributed by atoms with Crippen LogP contribution in [0.5, 0.6) is 0 Å². The summed E-state index contributed by atoms with van der Waals surface area (Å²) in [7, 11) is 1.41. The maximum Gasteiger partial charge on any atom is 0.323 e.